The first-order valence-corrected chi connectivity index (χ1v) is 14.3. The van der Waals surface area contributed by atoms with E-state index in [0.29, 0.717) is 0 Å². The number of pyridine rings is 1. The summed E-state index contributed by atoms with van der Waals surface area (Å²) in [7, 11) is 0. The van der Waals surface area contributed by atoms with E-state index in [4.69, 9.17) is 0 Å². The molecule has 0 unspecified atom stereocenters. The molecule has 2 heterocycles. The summed E-state index contributed by atoms with van der Waals surface area (Å²) < 4.78 is 1.90. The summed E-state index contributed by atoms with van der Waals surface area (Å²) in [5, 5.41) is 7.40. The van der Waals surface area contributed by atoms with Gasteiger partial charge in [-0.25, -0.2) is 0 Å². The van der Waals surface area contributed by atoms with Crippen LogP contribution >= 0.6 is 0 Å². The van der Waals surface area contributed by atoms with Crippen molar-refractivity contribution >= 4 is 60.1 Å². The second-order valence-electron chi connectivity index (χ2n) is 11.2. The van der Waals surface area contributed by atoms with Crippen molar-refractivity contribution in [2.75, 3.05) is 4.90 Å². The number of rotatable bonds is 4. The van der Waals surface area contributed by atoms with E-state index in [1.807, 2.05) is 35.6 Å². The molecule has 0 atom stereocenters. The summed E-state index contributed by atoms with van der Waals surface area (Å²) in [6, 6.07) is 42.3. The monoisotopic (exact) mass is 540 g/mol. The van der Waals surface area contributed by atoms with Gasteiger partial charge in [0.15, 0.2) is 0 Å². The highest BCUT2D eigenvalue weighted by Gasteiger charge is 2.18. The van der Waals surface area contributed by atoms with Crippen LogP contribution in [0.3, 0.4) is 0 Å². The third-order valence-electron chi connectivity index (χ3n) is 8.61. The molecular weight excluding hydrogens is 512 g/mol. The van der Waals surface area contributed by atoms with Gasteiger partial charge in [-0.2, -0.15) is 0 Å². The van der Waals surface area contributed by atoms with Crippen LogP contribution in [0.15, 0.2) is 138 Å². The lowest BCUT2D eigenvalue weighted by molar-refractivity contribution is 1.15. The Morgan fingerprint density at radius 1 is 0.667 bits per heavy atom. The number of aromatic nitrogens is 1. The maximum atomic E-state index is 13.7. The number of fused-ring (bicyclic) bond motifs is 6. The Hall–Kier alpha value is -5.41. The van der Waals surface area contributed by atoms with E-state index in [2.05, 4.69) is 115 Å². The molecule has 0 amide bonds. The molecule has 0 bridgehead atoms. The smallest absolute Gasteiger partial charge is 0.263 e. The summed E-state index contributed by atoms with van der Waals surface area (Å²) in [4.78, 5) is 15.9. The number of anilines is 2. The van der Waals surface area contributed by atoms with Gasteiger partial charge < -0.3 is 4.90 Å². The minimum Gasteiger partial charge on any atom is -0.315 e. The van der Waals surface area contributed by atoms with Crippen LogP contribution in [0.1, 0.15) is 12.5 Å². The fourth-order valence-corrected chi connectivity index (χ4v) is 6.73. The Bertz CT molecular complexity index is 2430. The van der Waals surface area contributed by atoms with Crippen molar-refractivity contribution in [3.63, 3.8) is 0 Å². The Morgan fingerprint density at radius 3 is 2.19 bits per heavy atom. The van der Waals surface area contributed by atoms with Crippen molar-refractivity contribution < 1.29 is 0 Å². The molecule has 0 spiro atoms. The first-order valence-electron chi connectivity index (χ1n) is 14.3. The number of hydrogen-bond donors (Lipinski definition) is 0. The quantitative estimate of drug-likeness (QED) is 0.208. The van der Waals surface area contributed by atoms with Gasteiger partial charge in [-0.05, 0) is 83.1 Å². The second kappa shape index (κ2) is 9.05. The van der Waals surface area contributed by atoms with Crippen molar-refractivity contribution in [2.45, 2.75) is 13.8 Å². The fraction of sp³-hybridized carbons (Fsp3) is 0.0513. The van der Waals surface area contributed by atoms with Gasteiger partial charge in [0, 0.05) is 38.6 Å². The van der Waals surface area contributed by atoms with Crippen molar-refractivity contribution in [1.29, 1.82) is 0 Å². The molecule has 8 rings (SSSR count). The second-order valence-corrected chi connectivity index (χ2v) is 11.2. The van der Waals surface area contributed by atoms with E-state index in [1.165, 1.54) is 16.5 Å². The van der Waals surface area contributed by atoms with Gasteiger partial charge in [-0.1, -0.05) is 91.5 Å². The molecule has 0 radical (unpaired) electrons. The number of aryl methyl sites for hydroxylation is 1. The van der Waals surface area contributed by atoms with Crippen LogP contribution in [0, 0.1) is 6.92 Å². The summed E-state index contributed by atoms with van der Waals surface area (Å²) in [6.45, 7) is 8.47. The number of allylic oxidation sites excluding steroid dienone is 1. The first-order chi connectivity index (χ1) is 20.5. The third kappa shape index (κ3) is 3.44. The van der Waals surface area contributed by atoms with Gasteiger partial charge in [0.25, 0.3) is 5.56 Å². The van der Waals surface area contributed by atoms with Crippen LogP contribution in [0.25, 0.3) is 59.9 Å². The SMILES string of the molecule is C=C(C)N(c1ccc2c(-c3ccc4c(c3)c3cccc5c6ccccc6c(=O)n4c53)cccc2c1)c1ccccc1C. The Balaban J connectivity index is 1.33. The van der Waals surface area contributed by atoms with Crippen LogP contribution in [-0.4, -0.2) is 4.40 Å². The summed E-state index contributed by atoms with van der Waals surface area (Å²) in [6.07, 6.45) is 0. The van der Waals surface area contributed by atoms with Gasteiger partial charge in [-0.15, -0.1) is 0 Å². The van der Waals surface area contributed by atoms with E-state index in [-0.39, 0.29) is 5.56 Å². The number of para-hydroxylation sites is 2. The standard InChI is InChI=1S/C39H28N2O/c1-24(2)40(36-17-7-4-10-25(36)3)28-19-20-30-26(22-28)11-8-14-29(30)27-18-21-37-35(23-27)33-16-9-15-32-31-12-5-6-13-34(31)39(42)41(37)38(32)33/h4-23H,1H2,2-3H3. The van der Waals surface area contributed by atoms with E-state index >= 15 is 0 Å². The zero-order valence-corrected chi connectivity index (χ0v) is 23.6. The lowest BCUT2D eigenvalue weighted by Gasteiger charge is -2.27. The predicted molar refractivity (Wildman–Crippen MR) is 178 cm³/mol. The molecule has 0 N–H and O–H groups in total. The molecule has 200 valence electrons. The van der Waals surface area contributed by atoms with Crippen LogP contribution in [0.5, 0.6) is 0 Å². The maximum absolute atomic E-state index is 13.7. The molecule has 0 aliphatic carbocycles. The lowest BCUT2D eigenvalue weighted by atomic mass is 9.96. The van der Waals surface area contributed by atoms with Gasteiger partial charge in [-0.3, -0.25) is 9.20 Å². The topological polar surface area (TPSA) is 24.7 Å². The van der Waals surface area contributed by atoms with Gasteiger partial charge in [0.2, 0.25) is 0 Å². The summed E-state index contributed by atoms with van der Waals surface area (Å²) in [5.74, 6) is 0. The van der Waals surface area contributed by atoms with E-state index in [9.17, 15) is 4.79 Å². The lowest BCUT2D eigenvalue weighted by Crippen LogP contribution is -2.14. The van der Waals surface area contributed by atoms with Crippen LogP contribution < -0.4 is 10.5 Å². The summed E-state index contributed by atoms with van der Waals surface area (Å²) in [5.41, 5.74) is 8.66. The number of benzene rings is 6. The van der Waals surface area contributed by atoms with Crippen molar-refractivity contribution in [3.8, 4) is 11.1 Å². The molecule has 6 aromatic carbocycles. The largest absolute Gasteiger partial charge is 0.315 e. The average Bonchev–Trinajstić information content (AvgIpc) is 3.35. The maximum Gasteiger partial charge on any atom is 0.263 e. The predicted octanol–water partition coefficient (Wildman–Crippen LogP) is 10.00. The highest BCUT2D eigenvalue weighted by atomic mass is 16.1. The first kappa shape index (κ1) is 24.4. The Morgan fingerprint density at radius 2 is 1.38 bits per heavy atom. The molecule has 3 heteroatoms. The molecular formula is C39H28N2O. The molecule has 0 fully saturated rings. The molecule has 0 saturated heterocycles. The highest BCUT2D eigenvalue weighted by molar-refractivity contribution is 6.20. The normalized spacial score (nSPS) is 11.8. The molecule has 0 aliphatic rings. The van der Waals surface area contributed by atoms with E-state index < -0.39 is 0 Å². The number of hydrogen-bond acceptors (Lipinski definition) is 2. The van der Waals surface area contributed by atoms with Crippen molar-refractivity contribution in [1.82, 2.24) is 4.40 Å². The van der Waals surface area contributed by atoms with Crippen LogP contribution in [0.4, 0.5) is 11.4 Å². The average molecular weight is 541 g/mol. The van der Waals surface area contributed by atoms with Gasteiger partial charge >= 0.3 is 0 Å². The zero-order chi connectivity index (χ0) is 28.5. The molecule has 0 aliphatic heterocycles. The number of nitrogens with zero attached hydrogens (tertiary/aromatic N) is 2. The molecule has 42 heavy (non-hydrogen) atoms. The fourth-order valence-electron chi connectivity index (χ4n) is 6.73. The van der Waals surface area contributed by atoms with Crippen molar-refractivity contribution in [2.24, 2.45) is 0 Å². The Kier molecular flexibility index (Phi) is 5.26. The molecule has 3 nitrogen and oxygen atoms in total. The van der Waals surface area contributed by atoms with Crippen molar-refractivity contribution in [3.05, 3.63) is 150 Å². The highest BCUT2D eigenvalue weighted by Crippen LogP contribution is 2.39. The van der Waals surface area contributed by atoms with Gasteiger partial charge in [0.05, 0.1) is 11.0 Å². The summed E-state index contributed by atoms with van der Waals surface area (Å²) >= 11 is 0. The third-order valence-corrected chi connectivity index (χ3v) is 8.61. The van der Waals surface area contributed by atoms with E-state index in [0.717, 1.165) is 66.0 Å². The Labute approximate surface area is 243 Å². The molecule has 0 saturated carbocycles. The van der Waals surface area contributed by atoms with Gasteiger partial charge in [0.1, 0.15) is 0 Å². The van der Waals surface area contributed by atoms with Crippen LogP contribution in [0.2, 0.25) is 0 Å². The molecule has 8 aromatic rings. The van der Waals surface area contributed by atoms with Crippen LogP contribution in [-0.2, 0) is 0 Å². The molecule has 2 aromatic heterocycles. The minimum atomic E-state index is 0.0328. The van der Waals surface area contributed by atoms with E-state index in [1.54, 1.807) is 0 Å². The zero-order valence-electron chi connectivity index (χ0n) is 23.6. The minimum absolute atomic E-state index is 0.0328.